The number of aliphatic hydroxyl groups excluding tert-OH is 1. The Morgan fingerprint density at radius 3 is 2.23 bits per heavy atom. The van der Waals surface area contributed by atoms with Crippen molar-refractivity contribution in [2.24, 2.45) is 23.7 Å². The molecule has 18 atom stereocenters. The predicted octanol–water partition coefficient (Wildman–Crippen LogP) is 3.67. The van der Waals surface area contributed by atoms with E-state index in [0.29, 0.717) is 24.6 Å². The van der Waals surface area contributed by atoms with E-state index in [0.717, 1.165) is 6.54 Å². The first-order valence-corrected chi connectivity index (χ1v) is 23.2. The van der Waals surface area contributed by atoms with Crippen LogP contribution in [0.3, 0.4) is 0 Å². The summed E-state index contributed by atoms with van der Waals surface area (Å²) in [6, 6.07) is 8.68. The van der Waals surface area contributed by atoms with E-state index in [2.05, 4.69) is 16.0 Å². The van der Waals surface area contributed by atoms with Gasteiger partial charge in [-0.05, 0) is 125 Å². The maximum absolute atomic E-state index is 14.5. The second-order valence-corrected chi connectivity index (χ2v) is 19.9. The third-order valence-corrected chi connectivity index (χ3v) is 14.4. The summed E-state index contributed by atoms with van der Waals surface area (Å²) in [5.41, 5.74) is -5.92. The molecule has 15 heteroatoms. The van der Waals surface area contributed by atoms with Gasteiger partial charge < -0.3 is 69.5 Å². The van der Waals surface area contributed by atoms with E-state index >= 15 is 0 Å². The zero-order valence-electron chi connectivity index (χ0n) is 39.5. The van der Waals surface area contributed by atoms with Crippen molar-refractivity contribution in [3.8, 4) is 5.75 Å². The fourth-order valence-corrected chi connectivity index (χ4v) is 10.1. The van der Waals surface area contributed by atoms with E-state index in [-0.39, 0.29) is 43.9 Å². The van der Waals surface area contributed by atoms with Gasteiger partial charge >= 0.3 is 5.97 Å². The van der Waals surface area contributed by atoms with Crippen LogP contribution in [-0.2, 0) is 33.2 Å². The van der Waals surface area contributed by atoms with Crippen LogP contribution in [0, 0.1) is 23.7 Å². The first-order chi connectivity index (χ1) is 29.1. The average Bonchev–Trinajstić information content (AvgIpc) is 4.06. The summed E-state index contributed by atoms with van der Waals surface area (Å²) in [6.45, 7) is 19.4. The fourth-order valence-electron chi connectivity index (χ4n) is 10.1. The van der Waals surface area contributed by atoms with Crippen LogP contribution >= 0.6 is 0 Å². The van der Waals surface area contributed by atoms with Crippen LogP contribution < -0.4 is 20.7 Å². The highest BCUT2D eigenvalue weighted by Crippen LogP contribution is 2.43. The zero-order valence-corrected chi connectivity index (χ0v) is 39.5. The first kappa shape index (κ1) is 51.0. The van der Waals surface area contributed by atoms with Crippen molar-refractivity contribution in [1.82, 2.24) is 16.0 Å². The Morgan fingerprint density at radius 1 is 0.935 bits per heavy atom. The van der Waals surface area contributed by atoms with Gasteiger partial charge in [-0.3, -0.25) is 4.79 Å². The molecule has 356 valence electrons. The van der Waals surface area contributed by atoms with Crippen LogP contribution in [0.15, 0.2) is 30.3 Å². The minimum Gasteiger partial charge on any atom is -0.483 e. The number of nitrogens with one attached hydrogen (secondary N) is 3. The van der Waals surface area contributed by atoms with Gasteiger partial charge in [-0.25, -0.2) is 0 Å². The molecule has 0 spiro atoms. The molecule has 62 heavy (non-hydrogen) atoms. The average molecular weight is 880 g/mol. The van der Waals surface area contributed by atoms with Crippen molar-refractivity contribution >= 4 is 5.97 Å². The molecule has 3 heterocycles. The molecule has 0 radical (unpaired) electrons. The molecule has 0 unspecified atom stereocenters. The summed E-state index contributed by atoms with van der Waals surface area (Å²) in [5, 5.41) is 58.5. The largest absolute Gasteiger partial charge is 0.483 e. The highest BCUT2D eigenvalue weighted by molar-refractivity contribution is 5.73. The third-order valence-electron chi connectivity index (χ3n) is 14.4. The lowest BCUT2D eigenvalue weighted by atomic mass is 9.75. The van der Waals surface area contributed by atoms with Crippen molar-refractivity contribution in [2.45, 2.75) is 198 Å². The van der Waals surface area contributed by atoms with Crippen LogP contribution in [0.2, 0.25) is 0 Å². The molecular formula is C47H81N3O12. The molecule has 0 amide bonds. The first-order valence-electron chi connectivity index (χ1n) is 23.2. The second kappa shape index (κ2) is 21.1. The smallest absolute Gasteiger partial charge is 0.311 e. The van der Waals surface area contributed by atoms with Crippen LogP contribution in [0.25, 0.3) is 0 Å². The maximum Gasteiger partial charge on any atom is 0.311 e. The lowest BCUT2D eigenvalue weighted by Crippen LogP contribution is -2.70. The molecule has 15 nitrogen and oxygen atoms in total. The number of hydrogen-bond acceptors (Lipinski definition) is 15. The standard InChI is InChI=1S/C47H81N3O12/c1-13-36-46(10,54)40(51)31(6)50-24-27(2)22-44(8,53)41(62-43-39(35(48-11)21-28(3)57-43)59-34-17-15-14-16-18-34)29(4)38(30(5)42(52)60-36)61-37-23-45(9,56-12)47(55,32(7)58-37)26-49-25-33-19-20-33/h14-18,27-33,35-41,43,48-51,53-55H,13,19-26H2,1-12H3/t27-,28-,29+,30-,31-,32+,35+,36-,37+,38+,39-,40-,41-,43+,44-,45-,46-,47+/m1/s1. The van der Waals surface area contributed by atoms with E-state index in [9.17, 15) is 25.2 Å². The van der Waals surface area contributed by atoms with Gasteiger partial charge in [-0.1, -0.05) is 39.0 Å². The molecule has 3 saturated heterocycles. The number of carbonyl (C=O) groups is 1. The number of ether oxygens (including phenoxy) is 7. The number of benzene rings is 1. The number of hydrogen-bond donors (Lipinski definition) is 7. The van der Waals surface area contributed by atoms with Gasteiger partial charge in [0.2, 0.25) is 0 Å². The Hall–Kier alpha value is -1.99. The Labute approximate surface area is 370 Å². The van der Waals surface area contributed by atoms with Gasteiger partial charge in [0.25, 0.3) is 0 Å². The topological polar surface area (TPSA) is 199 Å². The molecule has 4 fully saturated rings. The van der Waals surface area contributed by atoms with Gasteiger partial charge in [-0.15, -0.1) is 0 Å². The number of esters is 1. The minimum absolute atomic E-state index is 0.113. The normalized spacial score (nSPS) is 45.4. The zero-order chi connectivity index (χ0) is 45.8. The summed E-state index contributed by atoms with van der Waals surface area (Å²) in [4.78, 5) is 14.5. The van der Waals surface area contributed by atoms with E-state index in [1.807, 2.05) is 65.1 Å². The van der Waals surface area contributed by atoms with E-state index in [4.69, 9.17) is 33.2 Å². The number of rotatable bonds is 13. The molecule has 0 aromatic heterocycles. The quantitative estimate of drug-likeness (QED) is 0.142. The summed E-state index contributed by atoms with van der Waals surface area (Å²) in [7, 11) is 3.44. The molecule has 4 aliphatic rings. The Kier molecular flexibility index (Phi) is 17.4. The van der Waals surface area contributed by atoms with Gasteiger partial charge in [0.15, 0.2) is 18.7 Å². The van der Waals surface area contributed by atoms with Gasteiger partial charge in [-0.2, -0.15) is 0 Å². The molecule has 7 N–H and O–H groups in total. The Bertz CT molecular complexity index is 1550. The molecular weight excluding hydrogens is 799 g/mol. The molecule has 1 saturated carbocycles. The molecule has 1 aromatic carbocycles. The number of para-hydroxylation sites is 1. The number of likely N-dealkylation sites (N-methyl/N-ethyl adjacent to an activating group) is 1. The van der Waals surface area contributed by atoms with E-state index in [1.165, 1.54) is 19.8 Å². The van der Waals surface area contributed by atoms with E-state index in [1.54, 1.807) is 41.7 Å². The Balaban J connectivity index is 1.57. The molecule has 3 aliphatic heterocycles. The monoisotopic (exact) mass is 880 g/mol. The van der Waals surface area contributed by atoms with Crippen molar-refractivity contribution in [2.75, 3.05) is 33.8 Å². The SMILES string of the molecule is CC[C@H]1OC(=O)[C@H](C)[C@@H](O[C@H]2C[C@@](C)(OC)[C@](O)(CNCC3CC3)[C@H](C)O2)[C@H](C)[C@@H](O[C@@H]2O[C@H](C)C[C@H](NC)[C@H]2Oc2ccccc2)[C@](C)(O)C[C@@H](C)CN[C@H](C)[C@@H](O)[C@]1(C)O. The summed E-state index contributed by atoms with van der Waals surface area (Å²) in [5.74, 6) is -1.37. The van der Waals surface area contributed by atoms with Crippen molar-refractivity contribution in [3.63, 3.8) is 0 Å². The number of cyclic esters (lactones) is 1. The number of aliphatic hydroxyl groups is 4. The third kappa shape index (κ3) is 11.7. The molecule has 1 aliphatic carbocycles. The molecule has 1 aromatic rings. The van der Waals surface area contributed by atoms with Crippen LogP contribution in [0.4, 0.5) is 0 Å². The summed E-state index contributed by atoms with van der Waals surface area (Å²) in [6.07, 6.45) is -4.44. The molecule has 0 bridgehead atoms. The lowest BCUT2D eigenvalue weighted by molar-refractivity contribution is -0.335. The van der Waals surface area contributed by atoms with Crippen LogP contribution in [0.5, 0.6) is 5.75 Å². The fraction of sp³-hybridized carbons (Fsp3) is 0.851. The number of carbonyl (C=O) groups excluding carboxylic acids is 1. The number of methoxy groups -OCH3 is 1. The van der Waals surface area contributed by atoms with Crippen LogP contribution in [0.1, 0.15) is 108 Å². The second-order valence-electron chi connectivity index (χ2n) is 19.9. The lowest BCUT2D eigenvalue weighted by Gasteiger charge is -2.53. The van der Waals surface area contributed by atoms with Gasteiger partial charge in [0.1, 0.15) is 34.8 Å². The summed E-state index contributed by atoms with van der Waals surface area (Å²) < 4.78 is 46.0. The van der Waals surface area contributed by atoms with Crippen molar-refractivity contribution < 1.29 is 58.4 Å². The Morgan fingerprint density at radius 2 is 1.61 bits per heavy atom. The van der Waals surface area contributed by atoms with E-state index < -0.39 is 95.5 Å². The predicted molar refractivity (Wildman–Crippen MR) is 234 cm³/mol. The van der Waals surface area contributed by atoms with Gasteiger partial charge in [0.05, 0.1) is 42.0 Å². The minimum atomic E-state index is -1.81. The maximum atomic E-state index is 14.5. The van der Waals surface area contributed by atoms with Crippen molar-refractivity contribution in [1.29, 1.82) is 0 Å². The van der Waals surface area contributed by atoms with Crippen LogP contribution in [-0.4, -0.2) is 150 Å². The van der Waals surface area contributed by atoms with Crippen molar-refractivity contribution in [3.05, 3.63) is 30.3 Å². The molecule has 5 rings (SSSR count). The highest BCUT2D eigenvalue weighted by Gasteiger charge is 2.58. The van der Waals surface area contributed by atoms with Gasteiger partial charge in [0, 0.05) is 32.0 Å². The summed E-state index contributed by atoms with van der Waals surface area (Å²) >= 11 is 0. The highest BCUT2D eigenvalue weighted by atomic mass is 16.7.